The van der Waals surface area contributed by atoms with Crippen molar-refractivity contribution in [2.24, 2.45) is 4.99 Å². The summed E-state index contributed by atoms with van der Waals surface area (Å²) in [6.45, 7) is 5.85. The Morgan fingerprint density at radius 3 is 1.86 bits per heavy atom. The standard InChI is InChI=1S/C34H63N3O5/c1-7-9-11-13-14-15-16-17-18-19-20-21-22-23-25-27-30(38)35-32(36-33(40)42-34(3,4)5)37(6)29-31(39)41-28-26-24-12-10-8-2/h17-18H,7-16,19-29H2,1-6H3,(H,35,36,38,40)/b18-17-/i6D3. The van der Waals surface area contributed by atoms with Crippen LogP contribution in [0.4, 0.5) is 4.79 Å². The Morgan fingerprint density at radius 2 is 1.31 bits per heavy atom. The average Bonchev–Trinajstić information content (AvgIpc) is 2.93. The first kappa shape index (κ1) is 34.1. The highest BCUT2D eigenvalue weighted by Gasteiger charge is 2.20. The van der Waals surface area contributed by atoms with E-state index in [4.69, 9.17) is 13.6 Å². The topological polar surface area (TPSA) is 97.3 Å². The number of carbonyl (C=O) groups excluding carboxylic acids is 3. The van der Waals surface area contributed by atoms with Crippen LogP contribution in [0.1, 0.15) is 161 Å². The number of likely N-dealkylation sites (N-methyl/N-ethyl adjacent to an activating group) is 1. The minimum Gasteiger partial charge on any atom is -0.464 e. The number of esters is 1. The van der Waals surface area contributed by atoms with Gasteiger partial charge < -0.3 is 14.4 Å². The van der Waals surface area contributed by atoms with Gasteiger partial charge in [-0.2, -0.15) is 0 Å². The van der Waals surface area contributed by atoms with Crippen LogP contribution in [0.3, 0.4) is 0 Å². The molecule has 0 atom stereocenters. The second kappa shape index (κ2) is 26.3. The van der Waals surface area contributed by atoms with E-state index < -0.39 is 43.1 Å². The number of hydrogen-bond donors (Lipinski definition) is 1. The molecule has 8 nitrogen and oxygen atoms in total. The number of unbranched alkanes of at least 4 members (excludes halogenated alkanes) is 15. The van der Waals surface area contributed by atoms with Gasteiger partial charge >= 0.3 is 12.1 Å². The Balaban J connectivity index is 4.85. The molecule has 0 radical (unpaired) electrons. The zero-order valence-electron chi connectivity index (χ0n) is 30.4. The average molecular weight is 597 g/mol. The van der Waals surface area contributed by atoms with Crippen molar-refractivity contribution in [2.75, 3.05) is 20.1 Å². The van der Waals surface area contributed by atoms with Gasteiger partial charge in [-0.15, -0.1) is 4.99 Å². The van der Waals surface area contributed by atoms with Gasteiger partial charge in [-0.1, -0.05) is 103 Å². The Hall–Kier alpha value is -2.38. The Labute approximate surface area is 261 Å². The van der Waals surface area contributed by atoms with E-state index in [-0.39, 0.29) is 13.0 Å². The summed E-state index contributed by atoms with van der Waals surface area (Å²) in [5.41, 5.74) is -0.888. The quantitative estimate of drug-likeness (QED) is 0.0416. The van der Waals surface area contributed by atoms with Crippen LogP contribution in [0.5, 0.6) is 0 Å². The lowest BCUT2D eigenvalue weighted by Gasteiger charge is -2.22. The summed E-state index contributed by atoms with van der Waals surface area (Å²) >= 11 is 0. The summed E-state index contributed by atoms with van der Waals surface area (Å²) in [6, 6.07) is 0. The van der Waals surface area contributed by atoms with Gasteiger partial charge in [0.2, 0.25) is 11.9 Å². The van der Waals surface area contributed by atoms with Crippen LogP contribution in [0.2, 0.25) is 0 Å². The second-order valence-corrected chi connectivity index (χ2v) is 12.0. The van der Waals surface area contributed by atoms with Gasteiger partial charge in [-0.25, -0.2) is 4.79 Å². The first-order valence-corrected chi connectivity index (χ1v) is 16.5. The maximum Gasteiger partial charge on any atom is 0.437 e. The van der Waals surface area contributed by atoms with Crippen LogP contribution >= 0.6 is 0 Å². The van der Waals surface area contributed by atoms with Gasteiger partial charge in [-0.05, 0) is 59.3 Å². The number of allylic oxidation sites excluding steroid dienone is 2. The Kier molecular flexibility index (Phi) is 21.3. The van der Waals surface area contributed by atoms with Crippen LogP contribution in [-0.2, 0) is 19.1 Å². The largest absolute Gasteiger partial charge is 0.464 e. The normalized spacial score (nSPS) is 13.4. The number of hydrogen-bond acceptors (Lipinski definition) is 5. The molecule has 244 valence electrons. The SMILES string of the molecule is [2H]C([2H])([2H])N(CC(=O)OCCCCCCC)C(=NC(=O)OC(C)(C)C)NC(=O)CCCCCCC/C=C\CCCCCCCC. The summed E-state index contributed by atoms with van der Waals surface area (Å²) in [5, 5.41) is 2.44. The Morgan fingerprint density at radius 1 is 0.786 bits per heavy atom. The van der Waals surface area contributed by atoms with Gasteiger partial charge in [0, 0.05) is 17.5 Å². The second-order valence-electron chi connectivity index (χ2n) is 12.0. The van der Waals surface area contributed by atoms with Crippen molar-refractivity contribution in [3.05, 3.63) is 12.2 Å². The number of guanidine groups is 1. The highest BCUT2D eigenvalue weighted by Crippen LogP contribution is 2.11. The molecular weight excluding hydrogens is 530 g/mol. The smallest absolute Gasteiger partial charge is 0.437 e. The summed E-state index contributed by atoms with van der Waals surface area (Å²) in [7, 11) is 0. The fourth-order valence-corrected chi connectivity index (χ4v) is 4.21. The zero-order chi connectivity index (χ0) is 34.0. The summed E-state index contributed by atoms with van der Waals surface area (Å²) in [5.74, 6) is -1.83. The van der Waals surface area contributed by atoms with Crippen molar-refractivity contribution in [1.82, 2.24) is 10.2 Å². The van der Waals surface area contributed by atoms with Crippen molar-refractivity contribution in [2.45, 2.75) is 162 Å². The molecule has 0 saturated heterocycles. The predicted octanol–water partition coefficient (Wildman–Crippen LogP) is 8.88. The van der Waals surface area contributed by atoms with E-state index >= 15 is 0 Å². The monoisotopic (exact) mass is 596 g/mol. The van der Waals surface area contributed by atoms with Crippen LogP contribution in [0.15, 0.2) is 17.1 Å². The molecule has 0 aliphatic heterocycles. The first-order valence-electron chi connectivity index (χ1n) is 18.0. The van der Waals surface area contributed by atoms with E-state index in [0.29, 0.717) is 17.7 Å². The lowest BCUT2D eigenvalue weighted by Crippen LogP contribution is -2.45. The van der Waals surface area contributed by atoms with Crippen molar-refractivity contribution < 1.29 is 28.0 Å². The fraction of sp³-hybridized carbons (Fsp3) is 0.824. The molecule has 8 heteroatoms. The maximum absolute atomic E-state index is 12.8. The fourth-order valence-electron chi connectivity index (χ4n) is 4.21. The number of rotatable bonds is 23. The molecule has 0 heterocycles. The van der Waals surface area contributed by atoms with E-state index in [1.807, 2.05) is 0 Å². The highest BCUT2D eigenvalue weighted by atomic mass is 16.6. The molecule has 42 heavy (non-hydrogen) atoms. The molecule has 1 N–H and O–H groups in total. The molecule has 0 aromatic carbocycles. The van der Waals surface area contributed by atoms with Crippen LogP contribution in [0, 0.1) is 0 Å². The number of ether oxygens (including phenoxy) is 2. The molecule has 0 aromatic heterocycles. The molecule has 0 saturated carbocycles. The third-order valence-electron chi connectivity index (χ3n) is 6.56. The van der Waals surface area contributed by atoms with Crippen molar-refractivity contribution in [3.8, 4) is 0 Å². The van der Waals surface area contributed by atoms with Crippen molar-refractivity contribution in [1.29, 1.82) is 0 Å². The van der Waals surface area contributed by atoms with E-state index in [1.54, 1.807) is 20.8 Å². The first-order chi connectivity index (χ1) is 21.3. The maximum atomic E-state index is 12.8. The molecule has 0 unspecified atom stereocenters. The van der Waals surface area contributed by atoms with E-state index in [1.165, 1.54) is 38.5 Å². The number of amides is 2. The molecule has 0 bridgehead atoms. The van der Waals surface area contributed by atoms with Crippen molar-refractivity contribution in [3.63, 3.8) is 0 Å². The van der Waals surface area contributed by atoms with Gasteiger partial charge in [-0.3, -0.25) is 14.9 Å². The third-order valence-corrected chi connectivity index (χ3v) is 6.56. The minimum absolute atomic E-state index is 0.128. The van der Waals surface area contributed by atoms with Crippen LogP contribution in [-0.4, -0.2) is 54.6 Å². The third kappa shape index (κ3) is 26.5. The summed E-state index contributed by atoms with van der Waals surface area (Å²) in [6.07, 6.45) is 23.1. The van der Waals surface area contributed by atoms with E-state index in [2.05, 4.69) is 36.3 Å². The minimum atomic E-state index is -2.88. The molecule has 0 spiro atoms. The number of nitrogens with one attached hydrogen (secondary N) is 1. The Bertz CT molecular complexity index is 870. The van der Waals surface area contributed by atoms with Crippen molar-refractivity contribution >= 4 is 23.9 Å². The van der Waals surface area contributed by atoms with Crippen LogP contribution < -0.4 is 5.32 Å². The molecule has 0 rings (SSSR count). The van der Waals surface area contributed by atoms with E-state index in [9.17, 15) is 14.4 Å². The summed E-state index contributed by atoms with van der Waals surface area (Å²) in [4.78, 5) is 42.1. The number of nitrogens with zero attached hydrogens (tertiary/aromatic N) is 2. The molecule has 0 aliphatic rings. The molecule has 2 amide bonds. The van der Waals surface area contributed by atoms with E-state index in [0.717, 1.165) is 64.2 Å². The van der Waals surface area contributed by atoms with Gasteiger partial charge in [0.15, 0.2) is 0 Å². The molecular formula is C34H63N3O5. The lowest BCUT2D eigenvalue weighted by molar-refractivity contribution is -0.144. The number of aliphatic imine (C=N–C) groups is 1. The van der Waals surface area contributed by atoms with Gasteiger partial charge in [0.1, 0.15) is 12.1 Å². The van der Waals surface area contributed by atoms with Gasteiger partial charge in [0.05, 0.1) is 6.61 Å². The summed E-state index contributed by atoms with van der Waals surface area (Å²) < 4.78 is 34.3. The van der Waals surface area contributed by atoms with Gasteiger partial charge in [0.25, 0.3) is 0 Å². The highest BCUT2D eigenvalue weighted by molar-refractivity contribution is 6.01. The van der Waals surface area contributed by atoms with Crippen LogP contribution in [0.25, 0.3) is 0 Å². The molecule has 0 aliphatic carbocycles. The lowest BCUT2D eigenvalue weighted by atomic mass is 10.1. The zero-order valence-corrected chi connectivity index (χ0v) is 27.4. The predicted molar refractivity (Wildman–Crippen MR) is 174 cm³/mol. The molecule has 0 fully saturated rings. The number of carbonyl (C=O) groups is 3. The molecule has 0 aromatic rings.